The molecular weight excluding hydrogens is 515 g/mol. The largest absolute Gasteiger partial charge is 0.480 e. The molecule has 8 nitrogen and oxygen atoms in total. The van der Waals surface area contributed by atoms with Crippen LogP contribution in [0, 0.1) is 0 Å². The van der Waals surface area contributed by atoms with Crippen molar-refractivity contribution >= 4 is 25.2 Å². The van der Waals surface area contributed by atoms with Gasteiger partial charge < -0.3 is 25.1 Å². The van der Waals surface area contributed by atoms with Crippen LogP contribution in [-0.4, -0.2) is 39.4 Å². The fourth-order valence-electron chi connectivity index (χ4n) is 4.52. The molecule has 0 heterocycles. The van der Waals surface area contributed by atoms with Crippen LogP contribution in [0.4, 0.5) is 5.69 Å². The molecule has 4 rings (SSSR count). The van der Waals surface area contributed by atoms with Gasteiger partial charge in [0, 0.05) is 12.1 Å². The first-order valence-corrected chi connectivity index (χ1v) is 14.0. The molecule has 0 radical (unpaired) electrons. The predicted molar refractivity (Wildman–Crippen MR) is 150 cm³/mol. The van der Waals surface area contributed by atoms with E-state index in [1.54, 1.807) is 60.7 Å². The zero-order chi connectivity index (χ0) is 27.8. The summed E-state index contributed by atoms with van der Waals surface area (Å²) in [7, 11) is -4.87. The van der Waals surface area contributed by atoms with Gasteiger partial charge in [-0.15, -0.1) is 0 Å². The van der Waals surface area contributed by atoms with Gasteiger partial charge >= 0.3 is 13.6 Å². The van der Waals surface area contributed by atoms with Gasteiger partial charge in [-0.2, -0.15) is 0 Å². The van der Waals surface area contributed by atoms with E-state index in [1.165, 1.54) is 4.90 Å². The first kappa shape index (κ1) is 27.8. The molecule has 1 amide bonds. The molecule has 4 aromatic rings. The molecule has 0 saturated carbocycles. The average Bonchev–Trinajstić information content (AvgIpc) is 2.94. The van der Waals surface area contributed by atoms with Crippen LogP contribution in [-0.2, 0) is 20.6 Å². The van der Waals surface area contributed by atoms with Gasteiger partial charge in [0.15, 0.2) is 5.78 Å². The van der Waals surface area contributed by atoms with Crippen LogP contribution in [0.3, 0.4) is 0 Å². The summed E-state index contributed by atoms with van der Waals surface area (Å²) in [5, 5.41) is 11.6. The number of benzene rings is 4. The Morgan fingerprint density at radius 1 is 0.744 bits per heavy atom. The van der Waals surface area contributed by atoms with Gasteiger partial charge in [-0.1, -0.05) is 103 Å². The SMILES string of the molecule is O=C(O)CNC(=O)[C@H](Cc1ccc(-c2ccccc2)cc1)N(c1ccccc1)C(c1ccccc1)P(=O)(O)O. The van der Waals surface area contributed by atoms with Crippen LogP contribution in [0.2, 0.25) is 0 Å². The highest BCUT2D eigenvalue weighted by Crippen LogP contribution is 2.55. The number of aliphatic carboxylic acids is 1. The van der Waals surface area contributed by atoms with Crippen molar-refractivity contribution in [2.24, 2.45) is 0 Å². The topological polar surface area (TPSA) is 127 Å². The van der Waals surface area contributed by atoms with Gasteiger partial charge in [0.2, 0.25) is 5.91 Å². The molecule has 4 aromatic carbocycles. The highest BCUT2D eigenvalue weighted by atomic mass is 31.2. The Hall–Kier alpha value is -4.23. The summed E-state index contributed by atoms with van der Waals surface area (Å²) in [6.45, 7) is -0.628. The lowest BCUT2D eigenvalue weighted by Crippen LogP contribution is -2.51. The van der Waals surface area contributed by atoms with Gasteiger partial charge in [0.1, 0.15) is 12.6 Å². The molecular formula is C30H29N2O6P. The molecule has 0 fully saturated rings. The zero-order valence-corrected chi connectivity index (χ0v) is 21.9. The predicted octanol–water partition coefficient (Wildman–Crippen LogP) is 4.85. The Kier molecular flexibility index (Phi) is 8.94. The first-order valence-electron chi connectivity index (χ1n) is 12.3. The van der Waals surface area contributed by atoms with Crippen LogP contribution >= 0.6 is 7.60 Å². The molecule has 4 N–H and O–H groups in total. The Morgan fingerprint density at radius 2 is 1.26 bits per heavy atom. The molecule has 0 bridgehead atoms. The lowest BCUT2D eigenvalue weighted by Gasteiger charge is -2.39. The number of carboxylic acid groups (broad SMARTS) is 1. The smallest absolute Gasteiger partial charge is 0.352 e. The van der Waals surface area contributed by atoms with Crippen LogP contribution in [0.1, 0.15) is 16.9 Å². The summed E-state index contributed by atoms with van der Waals surface area (Å²) < 4.78 is 13.0. The molecule has 0 aliphatic carbocycles. The second kappa shape index (κ2) is 12.5. The second-order valence-electron chi connectivity index (χ2n) is 9.01. The number of nitrogens with zero attached hydrogens (tertiary/aromatic N) is 1. The lowest BCUT2D eigenvalue weighted by molar-refractivity contribution is -0.138. The molecule has 0 spiro atoms. The van der Waals surface area contributed by atoms with E-state index in [2.05, 4.69) is 5.32 Å². The molecule has 0 aliphatic heterocycles. The molecule has 9 heteroatoms. The second-order valence-corrected chi connectivity index (χ2v) is 10.7. The van der Waals surface area contributed by atoms with Crippen molar-refractivity contribution in [3.8, 4) is 11.1 Å². The van der Waals surface area contributed by atoms with Crippen molar-refractivity contribution in [1.82, 2.24) is 5.32 Å². The zero-order valence-electron chi connectivity index (χ0n) is 21.0. The minimum Gasteiger partial charge on any atom is -0.480 e. The number of hydrogen-bond donors (Lipinski definition) is 4. The standard InChI is InChI=1S/C30H29N2O6P/c33-28(34)21-31-29(35)27(20-22-16-18-24(19-17-22)23-10-4-1-5-11-23)32(26-14-8-3-9-15-26)30(39(36,37)38)25-12-6-2-7-13-25/h1-19,27,30H,20-21H2,(H,31,35)(H,33,34)(H2,36,37,38)/t27-,30?/m0/s1. The van der Waals surface area contributed by atoms with Crippen LogP contribution in [0.15, 0.2) is 115 Å². The number of carbonyl (C=O) groups excluding carboxylic acids is 1. The van der Waals surface area contributed by atoms with Crippen molar-refractivity contribution in [3.63, 3.8) is 0 Å². The summed E-state index contributed by atoms with van der Waals surface area (Å²) in [4.78, 5) is 47.4. The summed E-state index contributed by atoms with van der Waals surface area (Å²) in [6.07, 6.45) is 0.0682. The van der Waals surface area contributed by atoms with E-state index in [0.29, 0.717) is 11.3 Å². The van der Waals surface area contributed by atoms with Gasteiger partial charge in [-0.3, -0.25) is 14.2 Å². The summed E-state index contributed by atoms with van der Waals surface area (Å²) in [5.74, 6) is -3.39. The minimum atomic E-state index is -4.87. The maximum Gasteiger partial charge on any atom is 0.352 e. The van der Waals surface area contributed by atoms with Gasteiger partial charge in [-0.05, 0) is 34.4 Å². The molecule has 0 aromatic heterocycles. The lowest BCUT2D eigenvalue weighted by atomic mass is 9.98. The Morgan fingerprint density at radius 3 is 1.79 bits per heavy atom. The van der Waals surface area contributed by atoms with E-state index in [0.717, 1.165) is 16.7 Å². The number of amides is 1. The van der Waals surface area contributed by atoms with Crippen molar-refractivity contribution in [2.75, 3.05) is 11.4 Å². The van der Waals surface area contributed by atoms with Gasteiger partial charge in [0.25, 0.3) is 0 Å². The number of anilines is 1. The van der Waals surface area contributed by atoms with E-state index in [1.807, 2.05) is 54.6 Å². The molecule has 39 heavy (non-hydrogen) atoms. The third-order valence-corrected chi connectivity index (χ3v) is 7.46. The van der Waals surface area contributed by atoms with Gasteiger partial charge in [-0.25, -0.2) is 0 Å². The normalized spacial score (nSPS) is 12.8. The fourth-order valence-corrected chi connectivity index (χ4v) is 5.70. The molecule has 2 atom stereocenters. The number of carboxylic acids is 1. The third-order valence-electron chi connectivity index (χ3n) is 6.28. The highest BCUT2D eigenvalue weighted by Gasteiger charge is 2.42. The molecule has 200 valence electrons. The van der Waals surface area contributed by atoms with Crippen LogP contribution < -0.4 is 10.2 Å². The van der Waals surface area contributed by atoms with E-state index in [9.17, 15) is 29.0 Å². The first-order chi connectivity index (χ1) is 18.7. The number of carbonyl (C=O) groups is 2. The average molecular weight is 545 g/mol. The van der Waals surface area contributed by atoms with Crippen molar-refractivity contribution in [1.29, 1.82) is 0 Å². The van der Waals surface area contributed by atoms with E-state index in [4.69, 9.17) is 0 Å². The molecule has 0 saturated heterocycles. The fraction of sp³-hybridized carbons (Fsp3) is 0.133. The van der Waals surface area contributed by atoms with E-state index < -0.39 is 37.8 Å². The van der Waals surface area contributed by atoms with E-state index >= 15 is 0 Å². The maximum atomic E-state index is 13.5. The minimum absolute atomic E-state index is 0.0682. The summed E-state index contributed by atoms with van der Waals surface area (Å²) >= 11 is 0. The van der Waals surface area contributed by atoms with Gasteiger partial charge in [0.05, 0.1) is 0 Å². The van der Waals surface area contributed by atoms with Crippen LogP contribution in [0.25, 0.3) is 11.1 Å². The number of para-hydroxylation sites is 1. The van der Waals surface area contributed by atoms with Crippen molar-refractivity contribution in [2.45, 2.75) is 18.2 Å². The van der Waals surface area contributed by atoms with Crippen molar-refractivity contribution in [3.05, 3.63) is 126 Å². The quantitative estimate of drug-likeness (QED) is 0.199. The highest BCUT2D eigenvalue weighted by molar-refractivity contribution is 7.52. The number of nitrogens with one attached hydrogen (secondary N) is 1. The summed E-state index contributed by atoms with van der Waals surface area (Å²) in [5.41, 5.74) is 3.47. The monoisotopic (exact) mass is 544 g/mol. The Bertz CT molecular complexity index is 1430. The third kappa shape index (κ3) is 7.21. The Labute approximate surface area is 226 Å². The number of hydrogen-bond acceptors (Lipinski definition) is 4. The molecule has 1 unspecified atom stereocenters. The van der Waals surface area contributed by atoms with E-state index in [-0.39, 0.29) is 6.42 Å². The number of rotatable bonds is 11. The maximum absolute atomic E-state index is 13.5. The van der Waals surface area contributed by atoms with Crippen LogP contribution in [0.5, 0.6) is 0 Å². The van der Waals surface area contributed by atoms with Crippen molar-refractivity contribution < 1.29 is 29.0 Å². The molecule has 0 aliphatic rings. The summed E-state index contributed by atoms with van der Waals surface area (Å²) in [6, 6.07) is 33.0. The Balaban J connectivity index is 1.80.